The highest BCUT2D eigenvalue weighted by Gasteiger charge is 2.51. The van der Waals surface area contributed by atoms with E-state index in [1.807, 2.05) is 0 Å². The van der Waals surface area contributed by atoms with Gasteiger partial charge < -0.3 is 4.43 Å². The van der Waals surface area contributed by atoms with Crippen LogP contribution in [0.25, 0.3) is 0 Å². The molecule has 2 heteroatoms. The molecule has 0 aromatic carbocycles. The Hall–Kier alpha value is 0.177. The molecule has 130 valence electrons. The van der Waals surface area contributed by atoms with Crippen LogP contribution in [0.2, 0.25) is 16.6 Å². The summed E-state index contributed by atoms with van der Waals surface area (Å²) in [5.74, 6) is 2.89. The Kier molecular flexibility index (Phi) is 6.21. The van der Waals surface area contributed by atoms with Crippen molar-refractivity contribution in [2.24, 2.45) is 17.8 Å². The average molecular weight is 325 g/mol. The minimum Gasteiger partial charge on any atom is -0.413 e. The molecule has 0 heterocycles. The summed E-state index contributed by atoms with van der Waals surface area (Å²) in [6, 6.07) is 0. The van der Waals surface area contributed by atoms with Gasteiger partial charge in [0, 0.05) is 6.10 Å². The van der Waals surface area contributed by atoms with Gasteiger partial charge >= 0.3 is 0 Å². The first-order valence-electron chi connectivity index (χ1n) is 10.0. The van der Waals surface area contributed by atoms with Gasteiger partial charge in [-0.1, -0.05) is 61.3 Å². The Morgan fingerprint density at radius 3 is 1.86 bits per heavy atom. The maximum absolute atomic E-state index is 7.16. The molecule has 22 heavy (non-hydrogen) atoms. The summed E-state index contributed by atoms with van der Waals surface area (Å²) in [5.41, 5.74) is 2.16. The molecular formula is C20H40OSi. The van der Waals surface area contributed by atoms with Crippen molar-refractivity contribution in [3.05, 3.63) is 0 Å². The second-order valence-corrected chi connectivity index (χ2v) is 14.4. The lowest BCUT2D eigenvalue weighted by molar-refractivity contribution is 0.125. The highest BCUT2D eigenvalue weighted by atomic mass is 28.4. The Balaban J connectivity index is 2.12. The zero-order valence-electron chi connectivity index (χ0n) is 16.2. The molecule has 0 saturated heterocycles. The van der Waals surface area contributed by atoms with Crippen molar-refractivity contribution in [1.29, 1.82) is 0 Å². The molecule has 1 nitrogen and oxygen atoms in total. The molecule has 2 saturated carbocycles. The number of rotatable bonds is 7. The quantitative estimate of drug-likeness (QED) is 0.469. The molecule has 2 rings (SSSR count). The Morgan fingerprint density at radius 2 is 1.36 bits per heavy atom. The molecule has 0 aliphatic heterocycles. The summed E-state index contributed by atoms with van der Waals surface area (Å²) in [6.07, 6.45) is 9.11. The van der Waals surface area contributed by atoms with Crippen LogP contribution in [-0.4, -0.2) is 14.4 Å². The predicted octanol–water partition coefficient (Wildman–Crippen LogP) is 6.78. The lowest BCUT2D eigenvalue weighted by atomic mass is 9.89. The van der Waals surface area contributed by atoms with Crippen LogP contribution in [0.1, 0.15) is 87.0 Å². The first kappa shape index (κ1) is 18.5. The maximum Gasteiger partial charge on any atom is 0.200 e. The standard InChI is InChI=1S/C20H40OSi/c1-8-9-17-10-11-19-18(17)12-13-20(19)21-22(14(2)3,15(4)5)16(6)7/h14-20H,8-13H2,1-7H3/t17?,18-,19+,20-/m0/s1. The van der Waals surface area contributed by atoms with Crippen molar-refractivity contribution in [2.45, 2.75) is 110 Å². The summed E-state index contributed by atoms with van der Waals surface area (Å²) in [5, 5.41) is 0. The minimum absolute atomic E-state index is 0.589. The van der Waals surface area contributed by atoms with E-state index < -0.39 is 8.32 Å². The first-order chi connectivity index (χ1) is 10.3. The van der Waals surface area contributed by atoms with Gasteiger partial charge in [-0.05, 0) is 60.1 Å². The maximum atomic E-state index is 7.16. The van der Waals surface area contributed by atoms with Gasteiger partial charge in [0.2, 0.25) is 8.32 Å². The lowest BCUT2D eigenvalue weighted by Crippen LogP contribution is -2.50. The van der Waals surface area contributed by atoms with E-state index in [0.717, 1.165) is 34.4 Å². The van der Waals surface area contributed by atoms with E-state index in [2.05, 4.69) is 48.5 Å². The topological polar surface area (TPSA) is 9.23 Å². The summed E-state index contributed by atoms with van der Waals surface area (Å²) < 4.78 is 7.16. The van der Waals surface area contributed by atoms with Crippen molar-refractivity contribution in [2.75, 3.05) is 0 Å². The Bertz CT molecular complexity index is 328. The van der Waals surface area contributed by atoms with Gasteiger partial charge in [-0.15, -0.1) is 0 Å². The van der Waals surface area contributed by atoms with Crippen LogP contribution >= 0.6 is 0 Å². The van der Waals surface area contributed by atoms with E-state index in [9.17, 15) is 0 Å². The van der Waals surface area contributed by atoms with E-state index in [-0.39, 0.29) is 0 Å². The molecule has 1 unspecified atom stereocenters. The molecule has 0 N–H and O–H groups in total. The van der Waals surface area contributed by atoms with Crippen molar-refractivity contribution < 1.29 is 4.43 Å². The Labute approximate surface area is 140 Å². The zero-order valence-corrected chi connectivity index (χ0v) is 17.2. The molecule has 0 bridgehead atoms. The van der Waals surface area contributed by atoms with Gasteiger partial charge in [-0.25, -0.2) is 0 Å². The fourth-order valence-corrected chi connectivity index (χ4v) is 11.8. The molecule has 2 fully saturated rings. The van der Waals surface area contributed by atoms with Crippen molar-refractivity contribution >= 4 is 8.32 Å². The zero-order chi connectivity index (χ0) is 16.5. The van der Waals surface area contributed by atoms with Gasteiger partial charge in [-0.2, -0.15) is 0 Å². The summed E-state index contributed by atoms with van der Waals surface area (Å²) >= 11 is 0. The van der Waals surface area contributed by atoms with Gasteiger partial charge in [0.1, 0.15) is 0 Å². The largest absolute Gasteiger partial charge is 0.413 e. The molecular weight excluding hydrogens is 284 g/mol. The summed E-state index contributed by atoms with van der Waals surface area (Å²) in [6.45, 7) is 16.9. The number of fused-ring (bicyclic) bond motifs is 1. The van der Waals surface area contributed by atoms with Crippen LogP contribution < -0.4 is 0 Å². The third kappa shape index (κ3) is 3.20. The predicted molar refractivity (Wildman–Crippen MR) is 99.8 cm³/mol. The highest BCUT2D eigenvalue weighted by molar-refractivity contribution is 6.77. The molecule has 0 aromatic heterocycles. The molecule has 0 amide bonds. The molecule has 0 spiro atoms. The molecule has 0 radical (unpaired) electrons. The minimum atomic E-state index is -1.69. The summed E-state index contributed by atoms with van der Waals surface area (Å²) in [7, 11) is -1.69. The van der Waals surface area contributed by atoms with Gasteiger partial charge in [0.15, 0.2) is 0 Å². The summed E-state index contributed by atoms with van der Waals surface area (Å²) in [4.78, 5) is 0. The van der Waals surface area contributed by atoms with Gasteiger partial charge in [0.25, 0.3) is 0 Å². The van der Waals surface area contributed by atoms with Gasteiger partial charge in [-0.3, -0.25) is 0 Å². The van der Waals surface area contributed by atoms with Crippen LogP contribution in [0, 0.1) is 17.8 Å². The fraction of sp³-hybridized carbons (Fsp3) is 1.00. The van der Waals surface area contributed by atoms with Crippen LogP contribution in [0.15, 0.2) is 0 Å². The van der Waals surface area contributed by atoms with Crippen molar-refractivity contribution in [3.8, 4) is 0 Å². The van der Waals surface area contributed by atoms with E-state index in [1.165, 1.54) is 38.5 Å². The molecule has 0 aromatic rings. The van der Waals surface area contributed by atoms with Crippen molar-refractivity contribution in [1.82, 2.24) is 0 Å². The number of hydrogen-bond acceptors (Lipinski definition) is 1. The molecule has 2 aliphatic rings. The van der Waals surface area contributed by atoms with Crippen LogP contribution in [0.4, 0.5) is 0 Å². The van der Waals surface area contributed by atoms with E-state index in [1.54, 1.807) is 0 Å². The smallest absolute Gasteiger partial charge is 0.200 e. The molecule has 4 atom stereocenters. The second kappa shape index (κ2) is 7.38. The highest BCUT2D eigenvalue weighted by Crippen LogP contribution is 2.53. The third-order valence-corrected chi connectivity index (χ3v) is 13.1. The Morgan fingerprint density at radius 1 is 0.818 bits per heavy atom. The van der Waals surface area contributed by atoms with Crippen LogP contribution in [0.5, 0.6) is 0 Å². The molecule has 2 aliphatic carbocycles. The van der Waals surface area contributed by atoms with Crippen LogP contribution in [-0.2, 0) is 4.43 Å². The normalized spacial score (nSPS) is 32.5. The van der Waals surface area contributed by atoms with Crippen molar-refractivity contribution in [3.63, 3.8) is 0 Å². The van der Waals surface area contributed by atoms with E-state index in [4.69, 9.17) is 4.43 Å². The fourth-order valence-electron chi connectivity index (χ4n) is 6.21. The second-order valence-electron chi connectivity index (χ2n) is 9.01. The average Bonchev–Trinajstić information content (AvgIpc) is 2.98. The van der Waals surface area contributed by atoms with E-state index in [0.29, 0.717) is 6.10 Å². The SMILES string of the molecule is CCCC1CC[C@H]2[C@@H](O[Si](C(C)C)(C(C)C)C(C)C)CC[C@@H]12. The monoisotopic (exact) mass is 324 g/mol. The van der Waals surface area contributed by atoms with Gasteiger partial charge in [0.05, 0.1) is 0 Å². The number of hydrogen-bond donors (Lipinski definition) is 0. The van der Waals surface area contributed by atoms with Crippen LogP contribution in [0.3, 0.4) is 0 Å². The first-order valence-corrected chi connectivity index (χ1v) is 12.2. The lowest BCUT2D eigenvalue weighted by Gasteiger charge is -2.45. The third-order valence-electron chi connectivity index (χ3n) is 7.01. The van der Waals surface area contributed by atoms with E-state index >= 15 is 0 Å².